The SMILES string of the molecule is CCCN1C(=O)c2[nH]nc(-c3c(C)cc(C)cc3O)c2C1c1ccccc1F. The van der Waals surface area contributed by atoms with Crippen LogP contribution in [0.1, 0.15) is 52.1 Å². The number of aromatic hydroxyl groups is 1. The monoisotopic (exact) mass is 379 g/mol. The topological polar surface area (TPSA) is 69.2 Å². The molecule has 144 valence electrons. The van der Waals surface area contributed by atoms with Crippen molar-refractivity contribution in [1.29, 1.82) is 0 Å². The van der Waals surface area contributed by atoms with Crippen molar-refractivity contribution in [2.75, 3.05) is 6.54 Å². The molecule has 3 aromatic rings. The van der Waals surface area contributed by atoms with Gasteiger partial charge in [-0.25, -0.2) is 4.39 Å². The maximum absolute atomic E-state index is 14.7. The minimum atomic E-state index is -0.586. The first-order valence-electron chi connectivity index (χ1n) is 9.38. The van der Waals surface area contributed by atoms with Crippen LogP contribution in [0.15, 0.2) is 36.4 Å². The van der Waals surface area contributed by atoms with Gasteiger partial charge < -0.3 is 10.0 Å². The fourth-order valence-corrected chi connectivity index (χ4v) is 4.13. The van der Waals surface area contributed by atoms with Crippen molar-refractivity contribution < 1.29 is 14.3 Å². The van der Waals surface area contributed by atoms with Gasteiger partial charge in [-0.2, -0.15) is 5.10 Å². The zero-order chi connectivity index (χ0) is 20.0. The number of hydrogen-bond acceptors (Lipinski definition) is 3. The summed E-state index contributed by atoms with van der Waals surface area (Å²) in [4.78, 5) is 14.7. The number of fused-ring (bicyclic) bond motifs is 1. The lowest BCUT2D eigenvalue weighted by molar-refractivity contribution is 0.0742. The van der Waals surface area contributed by atoms with Crippen molar-refractivity contribution >= 4 is 5.91 Å². The number of carbonyl (C=O) groups is 1. The van der Waals surface area contributed by atoms with Crippen molar-refractivity contribution in [2.24, 2.45) is 0 Å². The number of nitrogens with zero attached hydrogens (tertiary/aromatic N) is 2. The molecule has 2 aromatic carbocycles. The van der Waals surface area contributed by atoms with Gasteiger partial charge in [-0.1, -0.05) is 31.2 Å². The van der Waals surface area contributed by atoms with E-state index in [1.807, 2.05) is 26.8 Å². The molecule has 28 heavy (non-hydrogen) atoms. The van der Waals surface area contributed by atoms with E-state index in [2.05, 4.69) is 10.2 Å². The largest absolute Gasteiger partial charge is 0.507 e. The number of hydrogen-bond donors (Lipinski definition) is 2. The predicted octanol–water partition coefficient (Wildman–Crippen LogP) is 4.49. The zero-order valence-electron chi connectivity index (χ0n) is 16.1. The Morgan fingerprint density at radius 1 is 1.25 bits per heavy atom. The van der Waals surface area contributed by atoms with Gasteiger partial charge >= 0.3 is 0 Å². The Balaban J connectivity index is 1.97. The maximum atomic E-state index is 14.7. The molecule has 0 spiro atoms. The minimum absolute atomic E-state index is 0.0977. The van der Waals surface area contributed by atoms with Crippen molar-refractivity contribution in [3.8, 4) is 17.0 Å². The highest BCUT2D eigenvalue weighted by molar-refractivity contribution is 6.00. The molecule has 5 nitrogen and oxygen atoms in total. The number of benzene rings is 2. The molecule has 6 heteroatoms. The number of carbonyl (C=O) groups excluding carboxylic acids is 1. The van der Waals surface area contributed by atoms with E-state index in [-0.39, 0.29) is 17.5 Å². The van der Waals surface area contributed by atoms with Gasteiger partial charge in [0.05, 0.1) is 6.04 Å². The highest BCUT2D eigenvalue weighted by atomic mass is 19.1. The summed E-state index contributed by atoms with van der Waals surface area (Å²) in [6, 6.07) is 9.53. The summed E-state index contributed by atoms with van der Waals surface area (Å²) in [5, 5.41) is 17.8. The van der Waals surface area contributed by atoms with Crippen LogP contribution >= 0.6 is 0 Å². The number of rotatable bonds is 4. The van der Waals surface area contributed by atoms with Crippen LogP contribution < -0.4 is 0 Å². The number of aromatic nitrogens is 2. The van der Waals surface area contributed by atoms with Crippen molar-refractivity contribution in [3.05, 3.63) is 70.2 Å². The first-order valence-corrected chi connectivity index (χ1v) is 9.38. The van der Waals surface area contributed by atoms with Crippen LogP contribution in [0.25, 0.3) is 11.3 Å². The van der Waals surface area contributed by atoms with Crippen molar-refractivity contribution in [1.82, 2.24) is 15.1 Å². The van der Waals surface area contributed by atoms with Gasteiger partial charge in [0.15, 0.2) is 0 Å². The summed E-state index contributed by atoms with van der Waals surface area (Å²) in [6.45, 7) is 6.27. The van der Waals surface area contributed by atoms with Crippen LogP contribution in [-0.4, -0.2) is 32.7 Å². The van der Waals surface area contributed by atoms with E-state index < -0.39 is 6.04 Å². The molecule has 0 aliphatic carbocycles. The van der Waals surface area contributed by atoms with Gasteiger partial charge in [0.2, 0.25) is 0 Å². The molecular weight excluding hydrogens is 357 g/mol. The highest BCUT2D eigenvalue weighted by Crippen LogP contribution is 2.46. The van der Waals surface area contributed by atoms with Gasteiger partial charge in [0, 0.05) is 23.2 Å². The first-order chi connectivity index (χ1) is 13.4. The standard InChI is InChI=1S/C22H22FN3O2/c1-4-9-26-21(14-7-5-6-8-15(14)23)18-19(24-25-20(18)22(26)28)17-13(3)10-12(2)11-16(17)27/h5-8,10-11,21,27H,4,9H2,1-3H3,(H,24,25). The fourth-order valence-electron chi connectivity index (χ4n) is 4.13. The molecule has 0 saturated carbocycles. The Morgan fingerprint density at radius 3 is 2.68 bits per heavy atom. The molecule has 1 aromatic heterocycles. The molecule has 0 bridgehead atoms. The summed E-state index contributed by atoms with van der Waals surface area (Å²) >= 11 is 0. The number of H-pyrrole nitrogens is 1. The summed E-state index contributed by atoms with van der Waals surface area (Å²) < 4.78 is 14.7. The maximum Gasteiger partial charge on any atom is 0.273 e. The summed E-state index contributed by atoms with van der Waals surface area (Å²) in [5.41, 5.74) is 4.23. The van der Waals surface area contributed by atoms with Gasteiger partial charge in [-0.3, -0.25) is 9.89 Å². The van der Waals surface area contributed by atoms with Crippen LogP contribution in [0, 0.1) is 19.7 Å². The van der Waals surface area contributed by atoms with Crippen LogP contribution in [0.2, 0.25) is 0 Å². The van der Waals surface area contributed by atoms with Gasteiger partial charge in [0.1, 0.15) is 23.0 Å². The number of phenolic OH excluding ortho intramolecular Hbond substituents is 1. The third kappa shape index (κ3) is 2.68. The van der Waals surface area contributed by atoms with E-state index in [1.165, 1.54) is 6.07 Å². The Hall–Kier alpha value is -3.15. The molecule has 0 fully saturated rings. The first kappa shape index (κ1) is 18.2. The second-order valence-electron chi connectivity index (χ2n) is 7.26. The van der Waals surface area contributed by atoms with Crippen LogP contribution in [-0.2, 0) is 0 Å². The Morgan fingerprint density at radius 2 is 2.00 bits per heavy atom. The lowest BCUT2D eigenvalue weighted by Crippen LogP contribution is -2.30. The van der Waals surface area contributed by atoms with E-state index in [4.69, 9.17) is 0 Å². The third-order valence-electron chi connectivity index (χ3n) is 5.22. The second kappa shape index (κ2) is 6.78. The normalized spacial score (nSPS) is 15.9. The summed E-state index contributed by atoms with van der Waals surface area (Å²) in [5.74, 6) is -0.472. The van der Waals surface area contributed by atoms with Gasteiger partial charge in [0.25, 0.3) is 5.91 Å². The minimum Gasteiger partial charge on any atom is -0.507 e. The number of nitrogens with one attached hydrogen (secondary N) is 1. The summed E-state index contributed by atoms with van der Waals surface area (Å²) in [6.07, 6.45) is 0.749. The Labute approximate surface area is 162 Å². The van der Waals surface area contributed by atoms with Crippen LogP contribution in [0.5, 0.6) is 5.75 Å². The number of aryl methyl sites for hydroxylation is 2. The van der Waals surface area contributed by atoms with Gasteiger partial charge in [-0.15, -0.1) is 0 Å². The smallest absolute Gasteiger partial charge is 0.273 e. The van der Waals surface area contributed by atoms with Crippen LogP contribution in [0.3, 0.4) is 0 Å². The second-order valence-corrected chi connectivity index (χ2v) is 7.26. The van der Waals surface area contributed by atoms with E-state index >= 15 is 0 Å². The van der Waals surface area contributed by atoms with Gasteiger partial charge in [-0.05, 0) is 43.5 Å². The van der Waals surface area contributed by atoms with Crippen molar-refractivity contribution in [3.63, 3.8) is 0 Å². The third-order valence-corrected chi connectivity index (χ3v) is 5.22. The Bertz CT molecular complexity index is 1050. The molecule has 4 rings (SSSR count). The average Bonchev–Trinajstić information content (AvgIpc) is 3.16. The quantitative estimate of drug-likeness (QED) is 0.702. The average molecular weight is 379 g/mol. The predicted molar refractivity (Wildman–Crippen MR) is 105 cm³/mol. The summed E-state index contributed by atoms with van der Waals surface area (Å²) in [7, 11) is 0. The fraction of sp³-hybridized carbons (Fsp3) is 0.273. The molecule has 0 saturated heterocycles. The number of aromatic amines is 1. The molecule has 1 aliphatic heterocycles. The van der Waals surface area contributed by atoms with E-state index in [1.54, 1.807) is 29.2 Å². The van der Waals surface area contributed by atoms with E-state index in [0.717, 1.165) is 17.5 Å². The zero-order valence-corrected chi connectivity index (χ0v) is 16.1. The molecule has 2 N–H and O–H groups in total. The van der Waals surface area contributed by atoms with Crippen molar-refractivity contribution in [2.45, 2.75) is 33.2 Å². The van der Waals surface area contributed by atoms with Crippen LogP contribution in [0.4, 0.5) is 4.39 Å². The molecule has 1 atom stereocenters. The number of halogens is 1. The lowest BCUT2D eigenvalue weighted by Gasteiger charge is -2.26. The molecule has 2 heterocycles. The number of phenols is 1. The highest BCUT2D eigenvalue weighted by Gasteiger charge is 2.43. The molecule has 1 unspecified atom stereocenters. The van der Waals surface area contributed by atoms with E-state index in [9.17, 15) is 14.3 Å². The van der Waals surface area contributed by atoms with E-state index in [0.29, 0.717) is 34.6 Å². The molecule has 1 aliphatic rings. The molecular formula is C22H22FN3O2. The lowest BCUT2D eigenvalue weighted by atomic mass is 9.93. The Kier molecular flexibility index (Phi) is 4.41. The molecule has 1 amide bonds. The number of amides is 1. The molecule has 0 radical (unpaired) electrons.